The molecule has 134 valence electrons. The van der Waals surface area contributed by atoms with Crippen LogP contribution in [-0.2, 0) is 5.41 Å². The van der Waals surface area contributed by atoms with Crippen LogP contribution >= 0.6 is 11.3 Å². The number of hydrogen-bond acceptors (Lipinski definition) is 4. The molecule has 1 amide bonds. The first-order chi connectivity index (χ1) is 11.9. The van der Waals surface area contributed by atoms with Crippen molar-refractivity contribution < 1.29 is 4.79 Å². The second kappa shape index (κ2) is 7.67. The van der Waals surface area contributed by atoms with Gasteiger partial charge in [0.1, 0.15) is 4.88 Å². The second-order valence-electron chi connectivity index (χ2n) is 7.66. The van der Waals surface area contributed by atoms with Crippen molar-refractivity contribution in [3.05, 3.63) is 52.0 Å². The van der Waals surface area contributed by atoms with Crippen molar-refractivity contribution in [2.24, 2.45) is 0 Å². The number of rotatable bonds is 5. The third kappa shape index (κ3) is 4.47. The van der Waals surface area contributed by atoms with Crippen LogP contribution in [0.5, 0.6) is 0 Å². The van der Waals surface area contributed by atoms with Gasteiger partial charge in [0.15, 0.2) is 0 Å². The summed E-state index contributed by atoms with van der Waals surface area (Å²) >= 11 is 1.49. The molecule has 0 radical (unpaired) electrons. The minimum atomic E-state index is -0.0225. The maximum absolute atomic E-state index is 12.6. The molecule has 0 aliphatic carbocycles. The summed E-state index contributed by atoms with van der Waals surface area (Å²) < 4.78 is 0. The zero-order valence-corrected chi connectivity index (χ0v) is 16.1. The van der Waals surface area contributed by atoms with Crippen LogP contribution in [0, 0.1) is 0 Å². The smallest absolute Gasteiger partial charge is 0.263 e. The minimum absolute atomic E-state index is 0.0203. The number of aromatic nitrogens is 1. The Morgan fingerprint density at radius 1 is 1.24 bits per heavy atom. The monoisotopic (exact) mass is 357 g/mol. The number of hydrogen-bond donors (Lipinski definition) is 1. The molecule has 5 heteroatoms. The average Bonchev–Trinajstić information content (AvgIpc) is 3.27. The molecule has 1 saturated heterocycles. The van der Waals surface area contributed by atoms with Crippen LogP contribution < -0.4 is 5.32 Å². The lowest BCUT2D eigenvalue weighted by Crippen LogP contribution is -2.36. The van der Waals surface area contributed by atoms with Gasteiger partial charge in [-0.3, -0.25) is 9.69 Å². The fourth-order valence-corrected chi connectivity index (χ4v) is 4.08. The molecule has 0 saturated carbocycles. The van der Waals surface area contributed by atoms with E-state index < -0.39 is 0 Å². The molecule has 25 heavy (non-hydrogen) atoms. The zero-order valence-electron chi connectivity index (χ0n) is 15.3. The van der Waals surface area contributed by atoms with Gasteiger partial charge in [0.2, 0.25) is 0 Å². The zero-order chi connectivity index (χ0) is 17.9. The molecule has 4 nitrogen and oxygen atoms in total. The molecular formula is C20H27N3OS. The molecule has 1 aromatic carbocycles. The third-order valence-corrected chi connectivity index (χ3v) is 6.01. The first-order valence-corrected chi connectivity index (χ1v) is 9.80. The van der Waals surface area contributed by atoms with E-state index in [4.69, 9.17) is 0 Å². The predicted molar refractivity (Wildman–Crippen MR) is 103 cm³/mol. The van der Waals surface area contributed by atoms with Gasteiger partial charge >= 0.3 is 0 Å². The van der Waals surface area contributed by atoms with E-state index in [2.05, 4.69) is 60.2 Å². The highest BCUT2D eigenvalue weighted by molar-refractivity contribution is 7.13. The molecular weight excluding hydrogens is 330 g/mol. The van der Waals surface area contributed by atoms with Gasteiger partial charge in [0.25, 0.3) is 5.91 Å². The molecule has 0 spiro atoms. The van der Waals surface area contributed by atoms with Crippen LogP contribution in [-0.4, -0.2) is 35.4 Å². The predicted octanol–water partition coefficient (Wildman–Crippen LogP) is 4.01. The lowest BCUT2D eigenvalue weighted by molar-refractivity contribution is 0.0942. The maximum atomic E-state index is 12.6. The maximum Gasteiger partial charge on any atom is 0.263 e. The van der Waals surface area contributed by atoms with Crippen molar-refractivity contribution in [2.45, 2.75) is 45.1 Å². The summed E-state index contributed by atoms with van der Waals surface area (Å²) in [5, 5.41) is 4.13. The molecule has 2 heterocycles. The van der Waals surface area contributed by atoms with Crippen molar-refractivity contribution in [3.63, 3.8) is 0 Å². The lowest BCUT2D eigenvalue weighted by atomic mass is 9.98. The van der Waals surface area contributed by atoms with E-state index in [0.29, 0.717) is 11.4 Å². The summed E-state index contributed by atoms with van der Waals surface area (Å²) in [6.45, 7) is 9.19. The Labute approximate surface area is 154 Å². The molecule has 1 unspecified atom stereocenters. The van der Waals surface area contributed by atoms with Crippen molar-refractivity contribution in [1.82, 2.24) is 15.2 Å². The molecule has 1 fully saturated rings. The number of amides is 1. The van der Waals surface area contributed by atoms with Crippen LogP contribution in [0.3, 0.4) is 0 Å². The van der Waals surface area contributed by atoms with Crippen molar-refractivity contribution in [2.75, 3.05) is 19.6 Å². The Morgan fingerprint density at radius 2 is 1.92 bits per heavy atom. The number of nitrogens with one attached hydrogen (secondary N) is 1. The second-order valence-corrected chi connectivity index (χ2v) is 8.69. The van der Waals surface area contributed by atoms with Gasteiger partial charge in [-0.25, -0.2) is 4.98 Å². The van der Waals surface area contributed by atoms with Gasteiger partial charge in [0, 0.05) is 12.0 Å². The highest BCUT2D eigenvalue weighted by Gasteiger charge is 2.25. The molecule has 3 rings (SSSR count). The number of likely N-dealkylation sites (tertiary alicyclic amines) is 1. The lowest BCUT2D eigenvalue weighted by Gasteiger charge is -2.28. The normalized spacial score (nSPS) is 16.8. The summed E-state index contributed by atoms with van der Waals surface area (Å²) in [5.74, 6) is -0.0203. The highest BCUT2D eigenvalue weighted by Crippen LogP contribution is 2.27. The van der Waals surface area contributed by atoms with E-state index in [1.807, 2.05) is 6.07 Å². The van der Waals surface area contributed by atoms with Crippen molar-refractivity contribution in [1.29, 1.82) is 0 Å². The van der Waals surface area contributed by atoms with Crippen LogP contribution in [0.1, 0.15) is 59.9 Å². The van der Waals surface area contributed by atoms with E-state index in [1.54, 1.807) is 6.20 Å². The Balaban J connectivity index is 1.68. The SMILES string of the molecule is CC(C)(C)c1ncc(C(=O)NCC(c2ccccc2)N2CCCC2)s1. The molecule has 1 aliphatic heterocycles. The summed E-state index contributed by atoms with van der Waals surface area (Å²) in [6.07, 6.45) is 4.18. The van der Waals surface area contributed by atoms with Crippen LogP contribution in [0.4, 0.5) is 0 Å². The van der Waals surface area contributed by atoms with E-state index in [1.165, 1.54) is 29.7 Å². The van der Waals surface area contributed by atoms with E-state index in [0.717, 1.165) is 18.1 Å². The van der Waals surface area contributed by atoms with Crippen LogP contribution in [0.15, 0.2) is 36.5 Å². The number of carbonyl (C=O) groups is 1. The highest BCUT2D eigenvalue weighted by atomic mass is 32.1. The van der Waals surface area contributed by atoms with Gasteiger partial charge in [-0.15, -0.1) is 11.3 Å². The number of nitrogens with zero attached hydrogens (tertiary/aromatic N) is 2. The minimum Gasteiger partial charge on any atom is -0.349 e. The summed E-state index contributed by atoms with van der Waals surface area (Å²) in [4.78, 5) is 20.2. The first-order valence-electron chi connectivity index (χ1n) is 8.98. The van der Waals surface area contributed by atoms with Crippen LogP contribution in [0.25, 0.3) is 0 Å². The van der Waals surface area contributed by atoms with Gasteiger partial charge in [-0.2, -0.15) is 0 Å². The molecule has 1 aliphatic rings. The van der Waals surface area contributed by atoms with Crippen molar-refractivity contribution in [3.8, 4) is 0 Å². The fourth-order valence-electron chi connectivity index (χ4n) is 3.19. The molecule has 2 aromatic rings. The van der Waals surface area contributed by atoms with Crippen molar-refractivity contribution >= 4 is 17.2 Å². The number of benzene rings is 1. The Kier molecular flexibility index (Phi) is 5.54. The Morgan fingerprint density at radius 3 is 2.52 bits per heavy atom. The summed E-state index contributed by atoms with van der Waals surface area (Å²) in [7, 11) is 0. The average molecular weight is 358 g/mol. The first kappa shape index (κ1) is 18.1. The molecule has 1 atom stereocenters. The number of thiazole rings is 1. The molecule has 1 N–H and O–H groups in total. The van der Waals surface area contributed by atoms with Gasteiger partial charge in [-0.1, -0.05) is 51.1 Å². The summed E-state index contributed by atoms with van der Waals surface area (Å²) in [6, 6.07) is 10.7. The quantitative estimate of drug-likeness (QED) is 0.879. The Hall–Kier alpha value is -1.72. The van der Waals surface area contributed by atoms with E-state index in [-0.39, 0.29) is 17.4 Å². The van der Waals surface area contributed by atoms with Gasteiger partial charge < -0.3 is 5.32 Å². The fraction of sp³-hybridized carbons (Fsp3) is 0.500. The largest absolute Gasteiger partial charge is 0.349 e. The third-order valence-electron chi connectivity index (χ3n) is 4.59. The Bertz CT molecular complexity index is 699. The molecule has 1 aromatic heterocycles. The summed E-state index contributed by atoms with van der Waals surface area (Å²) in [5.41, 5.74) is 1.25. The number of carbonyl (C=O) groups excluding carboxylic acids is 1. The standard InChI is InChI=1S/C20H27N3OS/c1-20(2,3)19-22-14-17(25-19)18(24)21-13-16(23-11-7-8-12-23)15-9-5-4-6-10-15/h4-6,9-10,14,16H,7-8,11-13H2,1-3H3,(H,21,24). The topological polar surface area (TPSA) is 45.2 Å². The van der Waals surface area contributed by atoms with E-state index >= 15 is 0 Å². The molecule has 0 bridgehead atoms. The van der Waals surface area contributed by atoms with Gasteiger partial charge in [-0.05, 0) is 31.5 Å². The van der Waals surface area contributed by atoms with Crippen LogP contribution in [0.2, 0.25) is 0 Å². The van der Waals surface area contributed by atoms with E-state index in [9.17, 15) is 4.79 Å². The van der Waals surface area contributed by atoms with Gasteiger partial charge in [0.05, 0.1) is 17.2 Å².